The summed E-state index contributed by atoms with van der Waals surface area (Å²) in [6, 6.07) is 21.3. The first-order chi connectivity index (χ1) is 16.6. The van der Waals surface area contributed by atoms with E-state index < -0.39 is 11.6 Å². The van der Waals surface area contributed by atoms with Gasteiger partial charge < -0.3 is 5.32 Å². The molecule has 4 aromatic rings. The van der Waals surface area contributed by atoms with Crippen LogP contribution in [0, 0.1) is 11.6 Å². The van der Waals surface area contributed by atoms with Crippen molar-refractivity contribution in [3.05, 3.63) is 113 Å². The van der Waals surface area contributed by atoms with Crippen molar-refractivity contribution in [3.8, 4) is 11.3 Å². The van der Waals surface area contributed by atoms with Gasteiger partial charge in [-0.2, -0.15) is 0 Å². The highest BCUT2D eigenvalue weighted by Crippen LogP contribution is 2.33. The molecule has 5 rings (SSSR count). The van der Waals surface area contributed by atoms with Gasteiger partial charge in [-0.25, -0.2) is 18.7 Å². The standard InChI is InChI=1S/C28H21F2N3O/c29-22-13-10-19(16-23(22)30)17-26(34)33-28-25(14-11-18-6-2-1-3-7-18)31-27-21-9-5-4-8-20(21)12-15-24(27)32-28/h1-11,13-14,16H,12,15,17H2,(H,32,33,34)/b14-11+. The van der Waals surface area contributed by atoms with Crippen molar-refractivity contribution in [2.45, 2.75) is 19.3 Å². The maximum absolute atomic E-state index is 13.6. The van der Waals surface area contributed by atoms with Crippen LogP contribution in [0.3, 0.4) is 0 Å². The van der Waals surface area contributed by atoms with Crippen LogP contribution in [0.5, 0.6) is 0 Å². The summed E-state index contributed by atoms with van der Waals surface area (Å²) in [4.78, 5) is 22.4. The third kappa shape index (κ3) is 4.62. The molecule has 6 heteroatoms. The number of amides is 1. The van der Waals surface area contributed by atoms with Gasteiger partial charge in [0, 0.05) is 5.56 Å². The Bertz CT molecular complexity index is 1400. The minimum Gasteiger partial charge on any atom is -0.309 e. The van der Waals surface area contributed by atoms with E-state index in [1.807, 2.05) is 60.7 Å². The number of carbonyl (C=O) groups is 1. The number of hydrogen-bond acceptors (Lipinski definition) is 3. The summed E-state index contributed by atoms with van der Waals surface area (Å²) in [5, 5.41) is 2.82. The van der Waals surface area contributed by atoms with Crippen LogP contribution >= 0.6 is 0 Å². The van der Waals surface area contributed by atoms with Crippen LogP contribution in [-0.4, -0.2) is 15.9 Å². The van der Waals surface area contributed by atoms with Crippen LogP contribution in [0.2, 0.25) is 0 Å². The van der Waals surface area contributed by atoms with Gasteiger partial charge in [0.15, 0.2) is 17.5 Å². The zero-order chi connectivity index (χ0) is 23.5. The van der Waals surface area contributed by atoms with E-state index in [2.05, 4.69) is 11.4 Å². The second-order valence-electron chi connectivity index (χ2n) is 8.13. The van der Waals surface area contributed by atoms with Crippen molar-refractivity contribution in [2.75, 3.05) is 5.32 Å². The van der Waals surface area contributed by atoms with Crippen LogP contribution in [0.1, 0.15) is 28.1 Å². The lowest BCUT2D eigenvalue weighted by molar-refractivity contribution is -0.115. The molecule has 1 aliphatic rings. The number of halogens is 2. The number of rotatable bonds is 5. The first-order valence-corrected chi connectivity index (χ1v) is 11.0. The molecule has 0 saturated carbocycles. The molecule has 0 bridgehead atoms. The van der Waals surface area contributed by atoms with Gasteiger partial charge in [-0.3, -0.25) is 4.79 Å². The zero-order valence-electron chi connectivity index (χ0n) is 18.3. The van der Waals surface area contributed by atoms with E-state index in [9.17, 15) is 13.6 Å². The Morgan fingerprint density at radius 1 is 0.882 bits per heavy atom. The van der Waals surface area contributed by atoms with Gasteiger partial charge in [-0.15, -0.1) is 0 Å². The molecule has 0 aliphatic heterocycles. The summed E-state index contributed by atoms with van der Waals surface area (Å²) in [5.41, 5.74) is 5.78. The summed E-state index contributed by atoms with van der Waals surface area (Å²) in [6.45, 7) is 0. The molecule has 1 aliphatic carbocycles. The van der Waals surface area contributed by atoms with Gasteiger partial charge in [-0.05, 0) is 47.7 Å². The van der Waals surface area contributed by atoms with Crippen LogP contribution in [0.15, 0.2) is 72.8 Å². The summed E-state index contributed by atoms with van der Waals surface area (Å²) in [5.74, 6) is -1.97. The Morgan fingerprint density at radius 3 is 2.50 bits per heavy atom. The van der Waals surface area contributed by atoms with Crippen LogP contribution in [-0.2, 0) is 24.1 Å². The second-order valence-corrected chi connectivity index (χ2v) is 8.13. The van der Waals surface area contributed by atoms with E-state index in [1.165, 1.54) is 11.6 Å². The molecule has 0 atom stereocenters. The van der Waals surface area contributed by atoms with Gasteiger partial charge in [0.2, 0.25) is 5.91 Å². The average molecular weight is 453 g/mol. The number of carbonyl (C=O) groups excluding carboxylic acids is 1. The highest BCUT2D eigenvalue weighted by Gasteiger charge is 2.21. The fourth-order valence-corrected chi connectivity index (χ4v) is 4.05. The molecular weight excluding hydrogens is 432 g/mol. The number of aromatic nitrogens is 2. The monoisotopic (exact) mass is 453 g/mol. The lowest BCUT2D eigenvalue weighted by atomic mass is 9.92. The maximum atomic E-state index is 13.6. The smallest absolute Gasteiger partial charge is 0.230 e. The summed E-state index contributed by atoms with van der Waals surface area (Å²) < 4.78 is 26.8. The lowest BCUT2D eigenvalue weighted by Crippen LogP contribution is -2.19. The molecule has 34 heavy (non-hydrogen) atoms. The molecule has 4 nitrogen and oxygen atoms in total. The Kier molecular flexibility index (Phi) is 5.95. The molecule has 0 spiro atoms. The van der Waals surface area contributed by atoms with Crippen molar-refractivity contribution in [1.29, 1.82) is 0 Å². The predicted octanol–water partition coefficient (Wildman–Crippen LogP) is 5.87. The molecule has 3 aromatic carbocycles. The summed E-state index contributed by atoms with van der Waals surface area (Å²) in [7, 11) is 0. The summed E-state index contributed by atoms with van der Waals surface area (Å²) in [6.07, 6.45) is 5.19. The number of anilines is 1. The predicted molar refractivity (Wildman–Crippen MR) is 129 cm³/mol. The highest BCUT2D eigenvalue weighted by molar-refractivity contribution is 5.93. The Hall–Kier alpha value is -4.19. The molecule has 1 aromatic heterocycles. The second kappa shape index (κ2) is 9.35. The van der Waals surface area contributed by atoms with Crippen molar-refractivity contribution in [3.63, 3.8) is 0 Å². The number of benzene rings is 3. The first-order valence-electron chi connectivity index (χ1n) is 11.0. The average Bonchev–Trinajstić information content (AvgIpc) is 2.85. The molecule has 0 fully saturated rings. The minimum atomic E-state index is -0.982. The van der Waals surface area contributed by atoms with Crippen molar-refractivity contribution >= 4 is 23.9 Å². The molecule has 1 amide bonds. The number of fused-ring (bicyclic) bond motifs is 3. The number of nitrogens with zero attached hydrogens (tertiary/aromatic N) is 2. The fraction of sp³-hybridized carbons (Fsp3) is 0.107. The third-order valence-electron chi connectivity index (χ3n) is 5.74. The van der Waals surface area contributed by atoms with Crippen LogP contribution in [0.25, 0.3) is 23.4 Å². The van der Waals surface area contributed by atoms with Crippen LogP contribution < -0.4 is 5.32 Å². The maximum Gasteiger partial charge on any atom is 0.230 e. The topological polar surface area (TPSA) is 54.9 Å². The summed E-state index contributed by atoms with van der Waals surface area (Å²) >= 11 is 0. The zero-order valence-corrected chi connectivity index (χ0v) is 18.3. The third-order valence-corrected chi connectivity index (χ3v) is 5.74. The van der Waals surface area contributed by atoms with E-state index in [4.69, 9.17) is 9.97 Å². The Balaban J connectivity index is 1.49. The molecule has 1 heterocycles. The van der Waals surface area contributed by atoms with Crippen LogP contribution in [0.4, 0.5) is 14.6 Å². The van der Waals surface area contributed by atoms with E-state index in [1.54, 1.807) is 0 Å². The largest absolute Gasteiger partial charge is 0.309 e. The molecule has 168 valence electrons. The van der Waals surface area contributed by atoms with Crippen molar-refractivity contribution in [1.82, 2.24) is 9.97 Å². The molecule has 0 saturated heterocycles. The van der Waals surface area contributed by atoms with Gasteiger partial charge in [0.1, 0.15) is 5.69 Å². The molecule has 0 unspecified atom stereocenters. The van der Waals surface area contributed by atoms with Gasteiger partial charge in [0.05, 0.1) is 17.8 Å². The number of aryl methyl sites for hydroxylation is 2. The quantitative estimate of drug-likeness (QED) is 0.411. The highest BCUT2D eigenvalue weighted by atomic mass is 19.2. The molecule has 0 radical (unpaired) electrons. The molecular formula is C28H21F2N3O. The van der Waals surface area contributed by atoms with Crippen molar-refractivity contribution in [2.24, 2.45) is 0 Å². The van der Waals surface area contributed by atoms with E-state index >= 15 is 0 Å². The van der Waals surface area contributed by atoms with Gasteiger partial charge in [-0.1, -0.05) is 66.7 Å². The van der Waals surface area contributed by atoms with Gasteiger partial charge in [0.25, 0.3) is 0 Å². The number of nitrogens with one attached hydrogen (secondary N) is 1. The first kappa shape index (κ1) is 21.6. The van der Waals surface area contributed by atoms with E-state index in [0.29, 0.717) is 23.5 Å². The number of hydrogen-bond donors (Lipinski definition) is 1. The Labute approximate surface area is 196 Å². The Morgan fingerprint density at radius 2 is 1.68 bits per heavy atom. The molecule has 1 N–H and O–H groups in total. The normalized spacial score (nSPS) is 12.3. The SMILES string of the molecule is O=C(Cc1ccc(F)c(F)c1)Nc1nc2c(nc1/C=C/c1ccccc1)-c1ccccc1CC2. The minimum absolute atomic E-state index is 0.110. The van der Waals surface area contributed by atoms with E-state index in [0.717, 1.165) is 41.1 Å². The van der Waals surface area contributed by atoms with Gasteiger partial charge >= 0.3 is 0 Å². The van der Waals surface area contributed by atoms with Crippen molar-refractivity contribution < 1.29 is 13.6 Å². The van der Waals surface area contributed by atoms with E-state index in [-0.39, 0.29) is 12.3 Å². The lowest BCUT2D eigenvalue weighted by Gasteiger charge is -2.20. The fourth-order valence-electron chi connectivity index (χ4n) is 4.05.